The molecule has 0 radical (unpaired) electrons. The van der Waals surface area contributed by atoms with Crippen LogP contribution in [0.15, 0.2) is 48.7 Å². The lowest BCUT2D eigenvalue weighted by atomic mass is 9.82. The van der Waals surface area contributed by atoms with Crippen LogP contribution in [-0.2, 0) is 17.8 Å². The zero-order valence-electron chi connectivity index (χ0n) is 24.8. The second-order valence-corrected chi connectivity index (χ2v) is 12.3. The van der Waals surface area contributed by atoms with Crippen LogP contribution in [0.1, 0.15) is 73.3 Å². The molecule has 8 heteroatoms. The second-order valence-electron chi connectivity index (χ2n) is 12.3. The number of aromatic nitrogens is 1. The van der Waals surface area contributed by atoms with E-state index >= 15 is 4.39 Å². The summed E-state index contributed by atoms with van der Waals surface area (Å²) in [6, 6.07) is 16.4. The fourth-order valence-corrected chi connectivity index (χ4v) is 6.81. The Kier molecular flexibility index (Phi) is 8.36. The topological polar surface area (TPSA) is 95.7 Å². The van der Waals surface area contributed by atoms with E-state index in [1.165, 1.54) is 13.3 Å². The molecule has 2 aromatic carbocycles. The molecule has 3 aromatic rings. The summed E-state index contributed by atoms with van der Waals surface area (Å²) in [6.45, 7) is 4.07. The maximum absolute atomic E-state index is 15.1. The van der Waals surface area contributed by atoms with Gasteiger partial charge in [0.25, 0.3) is 0 Å². The molecule has 1 aliphatic carbocycles. The van der Waals surface area contributed by atoms with Crippen LogP contribution in [0.25, 0.3) is 11.1 Å². The van der Waals surface area contributed by atoms with Crippen molar-refractivity contribution in [1.82, 2.24) is 9.88 Å². The third-order valence-corrected chi connectivity index (χ3v) is 9.47. The van der Waals surface area contributed by atoms with Crippen LogP contribution in [0.3, 0.4) is 0 Å². The Morgan fingerprint density at radius 3 is 2.63 bits per heavy atom. The van der Waals surface area contributed by atoms with Crippen LogP contribution < -0.4 is 9.47 Å². The molecule has 0 spiro atoms. The van der Waals surface area contributed by atoms with Gasteiger partial charge in [0.15, 0.2) is 0 Å². The zero-order valence-corrected chi connectivity index (χ0v) is 24.8. The molecule has 1 N–H and O–H groups in total. The summed E-state index contributed by atoms with van der Waals surface area (Å²) in [4.78, 5) is 18.2. The molecule has 7 nitrogen and oxygen atoms in total. The molecule has 1 aromatic heterocycles. The van der Waals surface area contributed by atoms with Gasteiger partial charge in [-0.1, -0.05) is 37.3 Å². The first-order valence-electron chi connectivity index (χ1n) is 15.3. The molecule has 3 aliphatic rings. The van der Waals surface area contributed by atoms with Gasteiger partial charge in [-0.05, 0) is 97.3 Å². The van der Waals surface area contributed by atoms with Crippen LogP contribution in [0.4, 0.5) is 4.39 Å². The van der Waals surface area contributed by atoms with E-state index in [-0.39, 0.29) is 17.9 Å². The van der Waals surface area contributed by atoms with Crippen LogP contribution in [0.2, 0.25) is 0 Å². The minimum absolute atomic E-state index is 0.0184. The predicted octanol–water partition coefficient (Wildman–Crippen LogP) is 6.91. The fraction of sp³-hybridized carbons (Fsp3) is 0.457. The van der Waals surface area contributed by atoms with Gasteiger partial charge in [-0.25, -0.2) is 9.37 Å². The van der Waals surface area contributed by atoms with Crippen molar-refractivity contribution in [2.75, 3.05) is 20.2 Å². The maximum atomic E-state index is 15.1. The van der Waals surface area contributed by atoms with E-state index in [0.29, 0.717) is 23.9 Å². The first-order valence-corrected chi connectivity index (χ1v) is 15.3. The quantitative estimate of drug-likeness (QED) is 0.292. The van der Waals surface area contributed by atoms with Crippen LogP contribution >= 0.6 is 0 Å². The summed E-state index contributed by atoms with van der Waals surface area (Å²) < 4.78 is 27.0. The van der Waals surface area contributed by atoms with E-state index in [9.17, 15) is 15.2 Å². The first-order chi connectivity index (χ1) is 20.8. The molecule has 6 rings (SSSR count). The number of piperidine rings is 1. The SMILES string of the molecule is COc1cc(-c2ccc([C@@H]3CCc4ccc(C(C5CC5)[C@H](C)C(=O)O)cc4O3)cc2CN2CCC(C#N)CC2)c(F)cn1. The number of benzene rings is 2. The van der Waals surface area contributed by atoms with Crippen molar-refractivity contribution in [3.8, 4) is 28.8 Å². The van der Waals surface area contributed by atoms with E-state index < -0.39 is 17.7 Å². The highest BCUT2D eigenvalue weighted by Gasteiger charge is 2.39. The third-order valence-electron chi connectivity index (χ3n) is 9.47. The number of hydrogen-bond donors (Lipinski definition) is 1. The van der Waals surface area contributed by atoms with E-state index in [0.717, 1.165) is 85.2 Å². The average Bonchev–Trinajstić information content (AvgIpc) is 3.87. The Morgan fingerprint density at radius 2 is 1.93 bits per heavy atom. The lowest BCUT2D eigenvalue weighted by Crippen LogP contribution is -2.33. The molecule has 3 atom stereocenters. The van der Waals surface area contributed by atoms with Crippen molar-refractivity contribution in [3.63, 3.8) is 0 Å². The highest BCUT2D eigenvalue weighted by Crippen LogP contribution is 2.48. The lowest BCUT2D eigenvalue weighted by molar-refractivity contribution is -0.142. The number of aryl methyl sites for hydroxylation is 1. The number of halogens is 1. The Labute approximate surface area is 252 Å². The summed E-state index contributed by atoms with van der Waals surface area (Å²) in [6.07, 6.45) is 6.49. The number of nitriles is 1. The predicted molar refractivity (Wildman–Crippen MR) is 160 cm³/mol. The van der Waals surface area contributed by atoms with Crippen LogP contribution in [-0.4, -0.2) is 41.2 Å². The van der Waals surface area contributed by atoms with Crippen molar-refractivity contribution in [1.29, 1.82) is 5.26 Å². The second kappa shape index (κ2) is 12.3. The largest absolute Gasteiger partial charge is 0.485 e. The monoisotopic (exact) mass is 583 g/mol. The van der Waals surface area contributed by atoms with Gasteiger partial charge in [-0.3, -0.25) is 9.69 Å². The molecule has 1 saturated heterocycles. The van der Waals surface area contributed by atoms with E-state index in [2.05, 4.69) is 40.2 Å². The molecule has 224 valence electrons. The number of ether oxygens (including phenoxy) is 2. The highest BCUT2D eigenvalue weighted by atomic mass is 19.1. The Hall–Kier alpha value is -3.96. The van der Waals surface area contributed by atoms with Gasteiger partial charge in [0.05, 0.1) is 25.3 Å². The van der Waals surface area contributed by atoms with Gasteiger partial charge in [0.2, 0.25) is 5.88 Å². The third kappa shape index (κ3) is 6.23. The Morgan fingerprint density at radius 1 is 1.14 bits per heavy atom. The van der Waals surface area contributed by atoms with Crippen LogP contribution in [0.5, 0.6) is 11.6 Å². The fourth-order valence-electron chi connectivity index (χ4n) is 6.81. The highest BCUT2D eigenvalue weighted by molar-refractivity contribution is 5.71. The number of hydrogen-bond acceptors (Lipinski definition) is 6. The van der Waals surface area contributed by atoms with Gasteiger partial charge in [-0.2, -0.15) is 5.26 Å². The summed E-state index contributed by atoms with van der Waals surface area (Å²) in [5.41, 5.74) is 5.43. The molecule has 0 bridgehead atoms. The number of carboxylic acids is 1. The molecular weight excluding hydrogens is 545 g/mol. The van der Waals surface area contributed by atoms with Crippen molar-refractivity contribution in [2.24, 2.45) is 17.8 Å². The lowest BCUT2D eigenvalue weighted by Gasteiger charge is -2.31. The number of pyridine rings is 1. The van der Waals surface area contributed by atoms with E-state index in [1.54, 1.807) is 6.07 Å². The number of rotatable bonds is 9. The number of nitrogens with zero attached hydrogens (tertiary/aromatic N) is 3. The average molecular weight is 584 g/mol. The Balaban J connectivity index is 1.31. The molecule has 1 unspecified atom stereocenters. The molecule has 2 aliphatic heterocycles. The molecule has 1 saturated carbocycles. The number of aliphatic carboxylic acids is 1. The molecule has 43 heavy (non-hydrogen) atoms. The van der Waals surface area contributed by atoms with Gasteiger partial charge < -0.3 is 14.6 Å². The zero-order chi connectivity index (χ0) is 30.1. The normalized spacial score (nSPS) is 20.4. The maximum Gasteiger partial charge on any atom is 0.306 e. The summed E-state index contributed by atoms with van der Waals surface area (Å²) in [5, 5.41) is 19.1. The van der Waals surface area contributed by atoms with Gasteiger partial charge >= 0.3 is 5.97 Å². The van der Waals surface area contributed by atoms with Gasteiger partial charge in [0, 0.05) is 24.1 Å². The first kappa shape index (κ1) is 29.1. The molecule has 0 amide bonds. The number of carbonyl (C=O) groups is 1. The summed E-state index contributed by atoms with van der Waals surface area (Å²) >= 11 is 0. The van der Waals surface area contributed by atoms with Gasteiger partial charge in [-0.15, -0.1) is 0 Å². The van der Waals surface area contributed by atoms with Crippen molar-refractivity contribution in [3.05, 3.63) is 76.7 Å². The summed E-state index contributed by atoms with van der Waals surface area (Å²) in [5.74, 6) is 0.0274. The van der Waals surface area contributed by atoms with E-state index in [1.807, 2.05) is 19.1 Å². The van der Waals surface area contributed by atoms with Crippen molar-refractivity contribution < 1.29 is 23.8 Å². The van der Waals surface area contributed by atoms with Gasteiger partial charge in [0.1, 0.15) is 17.7 Å². The minimum atomic E-state index is -0.763. The van der Waals surface area contributed by atoms with E-state index in [4.69, 9.17) is 9.47 Å². The number of fused-ring (bicyclic) bond motifs is 1. The number of methoxy groups -OCH3 is 1. The standard InChI is InChI=1S/C35H38FN3O4/c1-21(35(40)41)34(24-4-5-24)26-6-3-23-8-10-31(43-32(23)16-26)25-7-9-28(29-17-33(42-2)38-19-30(29)36)27(15-25)20-39-13-11-22(18-37)12-14-39/h3,6-7,9,15-17,19,21-22,24,31,34H,4-5,8,10-14,20H2,1-2H3,(H,40,41)/t21-,31-,34?/m0/s1. The number of carboxylic acid groups (broad SMARTS) is 1. The molecular formula is C35H38FN3O4. The summed E-state index contributed by atoms with van der Waals surface area (Å²) in [7, 11) is 1.52. The Bertz CT molecular complexity index is 1540. The minimum Gasteiger partial charge on any atom is -0.485 e. The smallest absolute Gasteiger partial charge is 0.306 e. The number of likely N-dealkylation sites (tertiary alicyclic amines) is 1. The molecule has 2 fully saturated rings. The molecule has 3 heterocycles. The van der Waals surface area contributed by atoms with Crippen LogP contribution in [0, 0.1) is 34.9 Å². The van der Waals surface area contributed by atoms with Crippen molar-refractivity contribution in [2.45, 2.75) is 64.0 Å². The van der Waals surface area contributed by atoms with Crippen molar-refractivity contribution >= 4 is 5.97 Å².